The van der Waals surface area contributed by atoms with E-state index in [-0.39, 0.29) is 5.92 Å². The second-order valence-corrected chi connectivity index (χ2v) is 6.49. The lowest BCUT2D eigenvalue weighted by molar-refractivity contribution is 0.0969. The summed E-state index contributed by atoms with van der Waals surface area (Å²) in [5.74, 6) is 1.50. The van der Waals surface area contributed by atoms with Crippen molar-refractivity contribution in [2.24, 2.45) is 5.92 Å². The van der Waals surface area contributed by atoms with Gasteiger partial charge in [-0.3, -0.25) is 0 Å². The molecule has 0 amide bonds. The van der Waals surface area contributed by atoms with Crippen molar-refractivity contribution in [2.75, 3.05) is 32.5 Å². The second-order valence-electron chi connectivity index (χ2n) is 6.49. The van der Waals surface area contributed by atoms with E-state index in [2.05, 4.69) is 25.5 Å². The third-order valence-electron chi connectivity index (χ3n) is 4.15. The Balaban J connectivity index is 1.74. The molecule has 0 aliphatic rings. The maximum Gasteiger partial charge on any atom is 0.178 e. The van der Waals surface area contributed by atoms with Gasteiger partial charge in [-0.05, 0) is 38.7 Å². The predicted octanol–water partition coefficient (Wildman–Crippen LogP) is 1.76. The number of aliphatic hydroxyl groups excluding tert-OH is 1. The third kappa shape index (κ3) is 4.12. The predicted molar refractivity (Wildman–Crippen MR) is 97.5 cm³/mol. The minimum Gasteiger partial charge on any atom is -0.388 e. The molecule has 0 saturated heterocycles. The summed E-state index contributed by atoms with van der Waals surface area (Å²) >= 11 is 0. The van der Waals surface area contributed by atoms with Crippen molar-refractivity contribution in [1.29, 1.82) is 0 Å². The van der Waals surface area contributed by atoms with Gasteiger partial charge in [-0.25, -0.2) is 0 Å². The van der Waals surface area contributed by atoms with E-state index in [1.807, 2.05) is 63.5 Å². The largest absolute Gasteiger partial charge is 0.388 e. The van der Waals surface area contributed by atoms with Crippen molar-refractivity contribution in [3.8, 4) is 0 Å². The molecule has 0 radical (unpaired) electrons. The van der Waals surface area contributed by atoms with Crippen LogP contribution >= 0.6 is 0 Å². The number of hydrogen-bond donors (Lipinski definition) is 2. The van der Waals surface area contributed by atoms with Crippen molar-refractivity contribution >= 4 is 11.5 Å². The Morgan fingerprint density at radius 2 is 1.88 bits per heavy atom. The highest BCUT2D eigenvalue weighted by Crippen LogP contribution is 2.23. The Kier molecular flexibility index (Phi) is 5.25. The number of aryl methyl sites for hydroxylation is 1. The summed E-state index contributed by atoms with van der Waals surface area (Å²) in [7, 11) is 4.02. The Labute approximate surface area is 147 Å². The number of aromatic nitrogens is 4. The van der Waals surface area contributed by atoms with Gasteiger partial charge in [0.15, 0.2) is 11.5 Å². The zero-order valence-corrected chi connectivity index (χ0v) is 14.8. The average Bonchev–Trinajstić information content (AvgIpc) is 2.99. The molecule has 0 saturated carbocycles. The van der Waals surface area contributed by atoms with Crippen molar-refractivity contribution in [3.05, 3.63) is 53.9 Å². The topological polar surface area (TPSA) is 78.6 Å². The standard InChI is InChI=1S/C18H24N6O/c1-13-20-21-17-10-9-16(22-24(13)17)19-11-15(12-23(2)3)18(25)14-7-5-4-6-8-14/h4-10,15,18,25H,11-12H2,1-3H3,(H,19,22). The molecule has 0 aliphatic heterocycles. The van der Waals surface area contributed by atoms with Gasteiger partial charge in [-0.15, -0.1) is 15.3 Å². The monoisotopic (exact) mass is 340 g/mol. The minimum absolute atomic E-state index is 0.0249. The van der Waals surface area contributed by atoms with E-state index in [9.17, 15) is 5.11 Å². The van der Waals surface area contributed by atoms with Gasteiger partial charge in [-0.1, -0.05) is 30.3 Å². The summed E-state index contributed by atoms with van der Waals surface area (Å²) in [5.41, 5.74) is 1.64. The summed E-state index contributed by atoms with van der Waals surface area (Å²) in [6.45, 7) is 3.23. The van der Waals surface area contributed by atoms with E-state index in [1.165, 1.54) is 0 Å². The maximum absolute atomic E-state index is 10.8. The number of aliphatic hydroxyl groups is 1. The molecule has 1 aromatic carbocycles. The lowest BCUT2D eigenvalue weighted by Gasteiger charge is -2.26. The van der Waals surface area contributed by atoms with Crippen LogP contribution in [0.15, 0.2) is 42.5 Å². The fourth-order valence-electron chi connectivity index (χ4n) is 2.89. The number of nitrogens with zero attached hydrogens (tertiary/aromatic N) is 5. The highest BCUT2D eigenvalue weighted by atomic mass is 16.3. The zero-order chi connectivity index (χ0) is 17.8. The van der Waals surface area contributed by atoms with Gasteiger partial charge in [0.2, 0.25) is 0 Å². The van der Waals surface area contributed by atoms with Gasteiger partial charge in [-0.2, -0.15) is 4.52 Å². The van der Waals surface area contributed by atoms with E-state index in [0.717, 1.165) is 29.4 Å². The van der Waals surface area contributed by atoms with Crippen LogP contribution in [0.3, 0.4) is 0 Å². The van der Waals surface area contributed by atoms with Crippen molar-refractivity contribution in [2.45, 2.75) is 13.0 Å². The van der Waals surface area contributed by atoms with E-state index < -0.39 is 6.10 Å². The summed E-state index contributed by atoms with van der Waals surface area (Å²) in [6.07, 6.45) is -0.545. The molecule has 2 aromatic heterocycles. The Morgan fingerprint density at radius 3 is 2.60 bits per heavy atom. The van der Waals surface area contributed by atoms with Gasteiger partial charge >= 0.3 is 0 Å². The molecule has 3 rings (SSSR count). The lowest BCUT2D eigenvalue weighted by Crippen LogP contribution is -2.32. The van der Waals surface area contributed by atoms with Gasteiger partial charge in [0.1, 0.15) is 5.82 Å². The van der Waals surface area contributed by atoms with Crippen LogP contribution in [0.4, 0.5) is 5.82 Å². The SMILES string of the molecule is Cc1nnc2ccc(NCC(CN(C)C)C(O)c3ccccc3)nn12. The van der Waals surface area contributed by atoms with E-state index in [0.29, 0.717) is 6.54 Å². The van der Waals surface area contributed by atoms with Crippen LogP contribution in [-0.2, 0) is 0 Å². The van der Waals surface area contributed by atoms with Gasteiger partial charge in [0, 0.05) is 19.0 Å². The fourth-order valence-corrected chi connectivity index (χ4v) is 2.89. The van der Waals surface area contributed by atoms with Crippen molar-refractivity contribution in [3.63, 3.8) is 0 Å². The van der Waals surface area contributed by atoms with E-state index in [4.69, 9.17) is 0 Å². The quantitative estimate of drug-likeness (QED) is 0.682. The van der Waals surface area contributed by atoms with Gasteiger partial charge in [0.25, 0.3) is 0 Å². The molecule has 0 fully saturated rings. The number of anilines is 1. The van der Waals surface area contributed by atoms with Crippen LogP contribution in [0.1, 0.15) is 17.5 Å². The van der Waals surface area contributed by atoms with Gasteiger partial charge in [0.05, 0.1) is 6.10 Å². The second kappa shape index (κ2) is 7.58. The number of hydrogen-bond acceptors (Lipinski definition) is 6. The molecular formula is C18H24N6O. The molecule has 2 heterocycles. The number of nitrogens with one attached hydrogen (secondary N) is 1. The molecule has 0 aliphatic carbocycles. The summed E-state index contributed by atoms with van der Waals surface area (Å²) in [6, 6.07) is 13.5. The van der Waals surface area contributed by atoms with Crippen LogP contribution in [0.2, 0.25) is 0 Å². The molecule has 2 N–H and O–H groups in total. The van der Waals surface area contributed by atoms with Crippen LogP contribution in [0, 0.1) is 12.8 Å². The Morgan fingerprint density at radius 1 is 1.12 bits per heavy atom. The molecule has 2 atom stereocenters. The summed E-state index contributed by atoms with van der Waals surface area (Å²) in [5, 5.41) is 26.7. The summed E-state index contributed by atoms with van der Waals surface area (Å²) in [4.78, 5) is 2.08. The van der Waals surface area contributed by atoms with Gasteiger partial charge < -0.3 is 15.3 Å². The zero-order valence-electron chi connectivity index (χ0n) is 14.8. The molecule has 0 bridgehead atoms. The van der Waals surface area contributed by atoms with Crippen molar-refractivity contribution in [1.82, 2.24) is 24.7 Å². The van der Waals surface area contributed by atoms with Crippen LogP contribution in [0.5, 0.6) is 0 Å². The van der Waals surface area contributed by atoms with E-state index >= 15 is 0 Å². The Hall–Kier alpha value is -2.51. The van der Waals surface area contributed by atoms with Crippen LogP contribution in [-0.4, -0.2) is 57.0 Å². The summed E-state index contributed by atoms with van der Waals surface area (Å²) < 4.78 is 1.71. The molecule has 0 spiro atoms. The Bertz CT molecular complexity index is 817. The maximum atomic E-state index is 10.8. The first-order valence-electron chi connectivity index (χ1n) is 8.35. The highest BCUT2D eigenvalue weighted by molar-refractivity contribution is 5.43. The average molecular weight is 340 g/mol. The molecule has 2 unspecified atom stereocenters. The minimum atomic E-state index is -0.545. The smallest absolute Gasteiger partial charge is 0.178 e. The van der Waals surface area contributed by atoms with Crippen molar-refractivity contribution < 1.29 is 5.11 Å². The van der Waals surface area contributed by atoms with Crippen LogP contribution in [0.25, 0.3) is 5.65 Å². The molecular weight excluding hydrogens is 316 g/mol. The molecule has 3 aromatic rings. The first-order valence-corrected chi connectivity index (χ1v) is 8.35. The fraction of sp³-hybridized carbons (Fsp3) is 0.389. The third-order valence-corrected chi connectivity index (χ3v) is 4.15. The number of benzene rings is 1. The van der Waals surface area contributed by atoms with Crippen LogP contribution < -0.4 is 5.32 Å². The number of rotatable bonds is 7. The normalized spacial score (nSPS) is 14.0. The number of fused-ring (bicyclic) bond motifs is 1. The highest BCUT2D eigenvalue weighted by Gasteiger charge is 2.21. The van der Waals surface area contributed by atoms with E-state index in [1.54, 1.807) is 4.52 Å². The molecule has 7 heteroatoms. The molecule has 7 nitrogen and oxygen atoms in total. The first kappa shape index (κ1) is 17.3. The first-order chi connectivity index (χ1) is 12.0. The molecule has 132 valence electrons. The molecule has 25 heavy (non-hydrogen) atoms. The lowest BCUT2D eigenvalue weighted by atomic mass is 9.95.